The Labute approximate surface area is 151 Å². The first-order valence-corrected chi connectivity index (χ1v) is 8.41. The molecule has 1 atom stereocenters. The third-order valence-corrected chi connectivity index (χ3v) is 4.55. The average molecular weight is 353 g/mol. The number of aldehydes is 2. The largest absolute Gasteiger partial charge is 0.507 e. The van der Waals surface area contributed by atoms with Crippen molar-refractivity contribution in [1.29, 1.82) is 0 Å². The van der Waals surface area contributed by atoms with Crippen LogP contribution < -0.4 is 4.74 Å². The van der Waals surface area contributed by atoms with E-state index >= 15 is 0 Å². The topological polar surface area (TPSA) is 83.9 Å². The molecule has 1 heterocycles. The van der Waals surface area contributed by atoms with Crippen molar-refractivity contribution in [3.8, 4) is 11.5 Å². The third kappa shape index (κ3) is 3.44. The lowest BCUT2D eigenvalue weighted by atomic mass is 10.1. The molecule has 1 aliphatic rings. The lowest BCUT2D eigenvalue weighted by Crippen LogP contribution is -2.39. The Morgan fingerprint density at radius 2 is 1.96 bits per heavy atom. The van der Waals surface area contributed by atoms with Crippen LogP contribution in [0.3, 0.4) is 0 Å². The van der Waals surface area contributed by atoms with Crippen LogP contribution in [0.4, 0.5) is 0 Å². The van der Waals surface area contributed by atoms with Crippen LogP contribution in [0.2, 0.25) is 0 Å². The van der Waals surface area contributed by atoms with Crippen molar-refractivity contribution in [2.24, 2.45) is 0 Å². The van der Waals surface area contributed by atoms with Crippen molar-refractivity contribution >= 4 is 18.5 Å². The number of amides is 1. The summed E-state index contributed by atoms with van der Waals surface area (Å²) < 4.78 is 5.71. The van der Waals surface area contributed by atoms with Crippen molar-refractivity contribution in [2.45, 2.75) is 18.9 Å². The van der Waals surface area contributed by atoms with Gasteiger partial charge in [-0.2, -0.15) is 0 Å². The van der Waals surface area contributed by atoms with E-state index < -0.39 is 0 Å². The predicted molar refractivity (Wildman–Crippen MR) is 94.9 cm³/mol. The van der Waals surface area contributed by atoms with E-state index in [0.29, 0.717) is 30.2 Å². The van der Waals surface area contributed by atoms with Gasteiger partial charge in [0.15, 0.2) is 12.6 Å². The summed E-state index contributed by atoms with van der Waals surface area (Å²) in [6.07, 6.45) is 2.83. The van der Waals surface area contributed by atoms with E-state index in [0.717, 1.165) is 12.8 Å². The first kappa shape index (κ1) is 17.7. The number of carbonyl (C=O) groups is 3. The van der Waals surface area contributed by atoms with Crippen LogP contribution in [0, 0.1) is 0 Å². The highest BCUT2D eigenvalue weighted by atomic mass is 16.5. The smallest absolute Gasteiger partial charge is 0.254 e. The van der Waals surface area contributed by atoms with E-state index in [9.17, 15) is 19.5 Å². The van der Waals surface area contributed by atoms with Crippen LogP contribution >= 0.6 is 0 Å². The van der Waals surface area contributed by atoms with Crippen molar-refractivity contribution in [3.63, 3.8) is 0 Å². The molecule has 0 bridgehead atoms. The molecule has 0 radical (unpaired) electrons. The van der Waals surface area contributed by atoms with Gasteiger partial charge in [0.1, 0.15) is 18.1 Å². The Morgan fingerprint density at radius 1 is 1.15 bits per heavy atom. The van der Waals surface area contributed by atoms with E-state index in [1.165, 1.54) is 6.07 Å². The van der Waals surface area contributed by atoms with Gasteiger partial charge < -0.3 is 14.7 Å². The average Bonchev–Trinajstić information content (AvgIpc) is 3.14. The highest BCUT2D eigenvalue weighted by Crippen LogP contribution is 2.27. The van der Waals surface area contributed by atoms with Gasteiger partial charge in [-0.25, -0.2) is 0 Å². The molecule has 0 unspecified atom stereocenters. The molecule has 1 saturated heterocycles. The highest BCUT2D eigenvalue weighted by Gasteiger charge is 2.31. The summed E-state index contributed by atoms with van der Waals surface area (Å²) in [5, 5.41) is 9.72. The van der Waals surface area contributed by atoms with E-state index in [-0.39, 0.29) is 35.6 Å². The molecule has 1 aliphatic heterocycles. The zero-order chi connectivity index (χ0) is 18.5. The second-order valence-electron chi connectivity index (χ2n) is 6.12. The van der Waals surface area contributed by atoms with Gasteiger partial charge >= 0.3 is 0 Å². The maximum atomic E-state index is 12.8. The van der Waals surface area contributed by atoms with Crippen LogP contribution in [0.1, 0.15) is 43.9 Å². The fourth-order valence-electron chi connectivity index (χ4n) is 3.19. The Hall–Kier alpha value is -3.15. The molecule has 0 saturated carbocycles. The van der Waals surface area contributed by atoms with Gasteiger partial charge in [-0.1, -0.05) is 24.3 Å². The number of benzene rings is 2. The van der Waals surface area contributed by atoms with Gasteiger partial charge in [-0.15, -0.1) is 0 Å². The minimum atomic E-state index is -0.203. The molecule has 0 aromatic heterocycles. The van der Waals surface area contributed by atoms with Gasteiger partial charge in [0.2, 0.25) is 0 Å². The standard InChI is InChI=1S/C20H19NO5/c22-11-14-5-1-2-7-16(14)20(25)21-10-4-6-15(21)13-26-19-9-3-8-18(24)17(19)12-23/h1-3,5,7-9,11-12,15,24H,4,6,10,13H2/t15-/m0/s1. The molecular weight excluding hydrogens is 334 g/mol. The van der Waals surface area contributed by atoms with Gasteiger partial charge in [0, 0.05) is 12.1 Å². The van der Waals surface area contributed by atoms with Crippen LogP contribution in [-0.4, -0.2) is 47.7 Å². The highest BCUT2D eigenvalue weighted by molar-refractivity contribution is 6.01. The molecule has 6 nitrogen and oxygen atoms in total. The molecule has 1 amide bonds. The van der Waals surface area contributed by atoms with Gasteiger partial charge in [0.25, 0.3) is 5.91 Å². The second kappa shape index (κ2) is 7.82. The minimum absolute atomic E-state index is 0.0923. The number of phenolic OH excluding ortho intramolecular Hbond substituents is 1. The number of nitrogens with zero attached hydrogens (tertiary/aromatic N) is 1. The fraction of sp³-hybridized carbons (Fsp3) is 0.250. The Bertz CT molecular complexity index is 833. The van der Waals surface area contributed by atoms with Crippen molar-refractivity contribution in [1.82, 2.24) is 4.90 Å². The number of aromatic hydroxyl groups is 1. The molecule has 1 fully saturated rings. The molecule has 2 aromatic carbocycles. The summed E-state index contributed by atoms with van der Waals surface area (Å²) in [5.74, 6) is -0.0605. The van der Waals surface area contributed by atoms with Gasteiger partial charge in [-0.3, -0.25) is 14.4 Å². The Kier molecular flexibility index (Phi) is 5.31. The van der Waals surface area contributed by atoms with E-state index in [4.69, 9.17) is 4.74 Å². The quantitative estimate of drug-likeness (QED) is 0.807. The lowest BCUT2D eigenvalue weighted by molar-refractivity contribution is 0.0687. The molecule has 6 heteroatoms. The number of hydrogen-bond donors (Lipinski definition) is 1. The van der Waals surface area contributed by atoms with Crippen molar-refractivity contribution < 1.29 is 24.2 Å². The summed E-state index contributed by atoms with van der Waals surface area (Å²) >= 11 is 0. The van der Waals surface area contributed by atoms with E-state index in [2.05, 4.69) is 0 Å². The number of carbonyl (C=O) groups excluding carboxylic acids is 3. The molecular formula is C20H19NO5. The molecule has 3 rings (SSSR count). The molecule has 1 N–H and O–H groups in total. The monoisotopic (exact) mass is 353 g/mol. The van der Waals surface area contributed by atoms with Crippen LogP contribution in [0.5, 0.6) is 11.5 Å². The minimum Gasteiger partial charge on any atom is -0.507 e. The number of phenols is 1. The van der Waals surface area contributed by atoms with Crippen LogP contribution in [0.25, 0.3) is 0 Å². The molecule has 134 valence electrons. The fourth-order valence-corrected chi connectivity index (χ4v) is 3.19. The van der Waals surface area contributed by atoms with Crippen molar-refractivity contribution in [3.05, 3.63) is 59.2 Å². The predicted octanol–water partition coefficient (Wildman–Crippen LogP) is 2.70. The van der Waals surface area contributed by atoms with Crippen LogP contribution in [0.15, 0.2) is 42.5 Å². The number of hydrogen-bond acceptors (Lipinski definition) is 5. The number of ether oxygens (including phenoxy) is 1. The van der Waals surface area contributed by atoms with Gasteiger partial charge in [0.05, 0.1) is 17.2 Å². The van der Waals surface area contributed by atoms with Gasteiger partial charge in [-0.05, 0) is 31.0 Å². The second-order valence-corrected chi connectivity index (χ2v) is 6.12. The zero-order valence-corrected chi connectivity index (χ0v) is 14.1. The SMILES string of the molecule is O=Cc1ccccc1C(=O)N1CCC[C@H]1COc1cccc(O)c1C=O. The summed E-state index contributed by atoms with van der Waals surface area (Å²) in [6.45, 7) is 0.792. The first-order chi connectivity index (χ1) is 12.7. The van der Waals surface area contributed by atoms with Crippen LogP contribution in [-0.2, 0) is 0 Å². The normalized spacial score (nSPS) is 16.3. The molecule has 26 heavy (non-hydrogen) atoms. The summed E-state index contributed by atoms with van der Waals surface area (Å²) in [7, 11) is 0. The Balaban J connectivity index is 1.75. The molecule has 0 aliphatic carbocycles. The third-order valence-electron chi connectivity index (χ3n) is 4.55. The number of rotatable bonds is 6. The summed E-state index contributed by atoms with van der Waals surface area (Å²) in [6, 6.07) is 11.1. The van der Waals surface area contributed by atoms with E-state index in [1.807, 2.05) is 0 Å². The summed E-state index contributed by atoms with van der Waals surface area (Å²) in [5.41, 5.74) is 0.829. The Morgan fingerprint density at radius 3 is 2.73 bits per heavy atom. The molecule has 2 aromatic rings. The first-order valence-electron chi connectivity index (χ1n) is 8.41. The number of likely N-dealkylation sites (tertiary alicyclic amines) is 1. The maximum absolute atomic E-state index is 12.8. The lowest BCUT2D eigenvalue weighted by Gasteiger charge is -2.25. The maximum Gasteiger partial charge on any atom is 0.254 e. The van der Waals surface area contributed by atoms with E-state index in [1.54, 1.807) is 41.3 Å². The van der Waals surface area contributed by atoms with Crippen molar-refractivity contribution in [2.75, 3.05) is 13.2 Å². The molecule has 0 spiro atoms. The zero-order valence-electron chi connectivity index (χ0n) is 14.1. The summed E-state index contributed by atoms with van der Waals surface area (Å²) in [4.78, 5) is 36.9.